The number of carbonyl (C=O) groups excluding carboxylic acids is 2. The summed E-state index contributed by atoms with van der Waals surface area (Å²) in [4.78, 5) is 58.7. The van der Waals surface area contributed by atoms with Crippen molar-refractivity contribution in [2.45, 2.75) is 199 Å². The SMILES string of the molecule is CCCCCCCC/C=C\CCCCCCCC(=O)N(C(=O)CCCCCCC/C=C\CCCCCCCC)C(CO)(C(=O)O)P(=O)(O)O. The van der Waals surface area contributed by atoms with Crippen LogP contribution in [0.3, 0.4) is 0 Å². The molecule has 0 aromatic carbocycles. The van der Waals surface area contributed by atoms with Gasteiger partial charge in [0, 0.05) is 12.8 Å². The van der Waals surface area contributed by atoms with Crippen molar-refractivity contribution in [1.82, 2.24) is 4.90 Å². The molecule has 4 N–H and O–H groups in total. The Labute approximate surface area is 298 Å². The summed E-state index contributed by atoms with van der Waals surface area (Å²) in [6.07, 6.45) is 35.8. The summed E-state index contributed by atoms with van der Waals surface area (Å²) in [5.74, 6) is -4.05. The molecule has 0 fully saturated rings. The first-order valence-corrected chi connectivity index (χ1v) is 21.3. The van der Waals surface area contributed by atoms with Gasteiger partial charge in [-0.2, -0.15) is 0 Å². The van der Waals surface area contributed by atoms with Crippen molar-refractivity contribution in [3.8, 4) is 0 Å². The van der Waals surface area contributed by atoms with Gasteiger partial charge in [-0.1, -0.05) is 141 Å². The molecule has 286 valence electrons. The summed E-state index contributed by atoms with van der Waals surface area (Å²) < 4.78 is 12.4. The number of unbranched alkanes of at least 4 members (excludes halogenated alkanes) is 22. The van der Waals surface area contributed by atoms with Crippen LogP contribution in [0.2, 0.25) is 0 Å². The lowest BCUT2D eigenvalue weighted by Gasteiger charge is -2.37. The highest BCUT2D eigenvalue weighted by atomic mass is 31.2. The Morgan fingerprint density at radius 3 is 1.08 bits per heavy atom. The molecule has 0 aromatic rings. The summed E-state index contributed by atoms with van der Waals surface area (Å²) in [7, 11) is -5.65. The molecule has 0 radical (unpaired) electrons. The Kier molecular flexibility index (Phi) is 29.8. The zero-order valence-corrected chi connectivity index (χ0v) is 32.0. The van der Waals surface area contributed by atoms with Crippen molar-refractivity contribution in [3.05, 3.63) is 24.3 Å². The highest BCUT2D eigenvalue weighted by molar-refractivity contribution is 7.54. The molecule has 49 heavy (non-hydrogen) atoms. The topological polar surface area (TPSA) is 152 Å². The minimum absolute atomic E-state index is 0.166. The molecule has 0 aliphatic heterocycles. The van der Waals surface area contributed by atoms with Gasteiger partial charge in [-0.15, -0.1) is 0 Å². The van der Waals surface area contributed by atoms with Gasteiger partial charge in [0.15, 0.2) is 0 Å². The van der Waals surface area contributed by atoms with Crippen molar-refractivity contribution >= 4 is 25.4 Å². The third-order valence-corrected chi connectivity index (χ3v) is 10.7. The van der Waals surface area contributed by atoms with E-state index in [1.165, 1.54) is 77.0 Å². The molecular formula is C39H72NO8P. The number of hydrogen-bond acceptors (Lipinski definition) is 5. The van der Waals surface area contributed by atoms with Gasteiger partial charge < -0.3 is 20.0 Å². The fourth-order valence-corrected chi connectivity index (χ4v) is 6.97. The Morgan fingerprint density at radius 1 is 0.531 bits per heavy atom. The number of amides is 2. The average Bonchev–Trinajstić information content (AvgIpc) is 3.06. The standard InChI is InChI=1S/C39H72NO8P/c1-3-5-7-9-11-13-15-17-19-21-23-25-27-29-31-33-36(42)40(39(35-41,38(44)45)49(46,47)48)37(43)34-32-30-28-26-24-22-20-18-16-14-12-10-8-6-4-2/h17-20,41H,3-16,21-35H2,1-2H3,(H,44,45)(H2,46,47,48)/b19-17-,20-18-. The monoisotopic (exact) mass is 713 g/mol. The number of hydrogen-bond donors (Lipinski definition) is 4. The molecule has 1 unspecified atom stereocenters. The molecule has 0 spiro atoms. The van der Waals surface area contributed by atoms with Crippen molar-refractivity contribution in [2.75, 3.05) is 6.61 Å². The number of aliphatic carboxylic acids is 1. The lowest BCUT2D eigenvalue weighted by molar-refractivity contribution is -0.164. The second-order valence-corrected chi connectivity index (χ2v) is 15.4. The molecule has 1 atom stereocenters. The summed E-state index contributed by atoms with van der Waals surface area (Å²) >= 11 is 0. The maximum atomic E-state index is 13.2. The highest BCUT2D eigenvalue weighted by Gasteiger charge is 2.62. The predicted molar refractivity (Wildman–Crippen MR) is 200 cm³/mol. The molecule has 9 nitrogen and oxygen atoms in total. The average molecular weight is 714 g/mol. The molecule has 0 aliphatic carbocycles. The quantitative estimate of drug-likeness (QED) is 0.0292. The summed E-state index contributed by atoms with van der Waals surface area (Å²) in [5, 5.41) is 16.4. The molecule has 0 saturated carbocycles. The van der Waals surface area contributed by atoms with Crippen LogP contribution >= 0.6 is 7.60 Å². The molecule has 10 heteroatoms. The summed E-state index contributed by atoms with van der Waals surface area (Å²) in [6.45, 7) is 2.88. The van der Waals surface area contributed by atoms with Crippen LogP contribution in [-0.4, -0.2) is 54.6 Å². The highest BCUT2D eigenvalue weighted by Crippen LogP contribution is 2.53. The van der Waals surface area contributed by atoms with Crippen LogP contribution in [0.15, 0.2) is 24.3 Å². The van der Waals surface area contributed by atoms with E-state index in [1.807, 2.05) is 0 Å². The van der Waals surface area contributed by atoms with Crippen molar-refractivity contribution < 1.29 is 38.9 Å². The van der Waals surface area contributed by atoms with Gasteiger partial charge in [0.1, 0.15) is 0 Å². The van der Waals surface area contributed by atoms with E-state index >= 15 is 0 Å². The van der Waals surface area contributed by atoms with Crippen LogP contribution < -0.4 is 0 Å². The van der Waals surface area contributed by atoms with E-state index in [2.05, 4.69) is 38.2 Å². The maximum absolute atomic E-state index is 13.2. The lowest BCUT2D eigenvalue weighted by atomic mass is 10.1. The molecule has 0 saturated heterocycles. The first-order valence-electron chi connectivity index (χ1n) is 19.7. The number of aliphatic hydroxyl groups is 1. The number of imide groups is 1. The Hall–Kier alpha value is -1.80. The molecular weight excluding hydrogens is 641 g/mol. The number of carbonyl (C=O) groups is 3. The van der Waals surface area contributed by atoms with Gasteiger partial charge in [0.05, 0.1) is 6.61 Å². The number of allylic oxidation sites excluding steroid dienone is 4. The Balaban J connectivity index is 4.64. The van der Waals surface area contributed by atoms with Crippen LogP contribution in [0, 0.1) is 0 Å². The maximum Gasteiger partial charge on any atom is 0.365 e. The zero-order chi connectivity index (χ0) is 36.6. The van der Waals surface area contributed by atoms with Crippen LogP contribution in [0.1, 0.15) is 194 Å². The number of carboxylic acids is 1. The first-order chi connectivity index (χ1) is 23.6. The van der Waals surface area contributed by atoms with E-state index in [1.54, 1.807) is 0 Å². The normalized spacial score (nSPS) is 13.3. The van der Waals surface area contributed by atoms with Gasteiger partial charge in [0.25, 0.3) is 5.28 Å². The zero-order valence-electron chi connectivity index (χ0n) is 31.1. The minimum atomic E-state index is -5.65. The third kappa shape index (κ3) is 21.9. The van der Waals surface area contributed by atoms with Crippen molar-refractivity contribution in [1.29, 1.82) is 0 Å². The van der Waals surface area contributed by atoms with Gasteiger partial charge in [-0.05, 0) is 64.2 Å². The van der Waals surface area contributed by atoms with Gasteiger partial charge in [0.2, 0.25) is 11.8 Å². The van der Waals surface area contributed by atoms with Gasteiger partial charge in [-0.25, -0.2) is 4.79 Å². The predicted octanol–water partition coefficient (Wildman–Crippen LogP) is 10.4. The minimum Gasteiger partial charge on any atom is -0.479 e. The molecule has 0 aromatic heterocycles. The molecule has 0 aliphatic rings. The summed E-state index contributed by atoms with van der Waals surface area (Å²) in [6, 6.07) is 0. The largest absolute Gasteiger partial charge is 0.479 e. The second-order valence-electron chi connectivity index (χ2n) is 13.6. The Bertz CT molecular complexity index is 911. The van der Waals surface area contributed by atoms with Crippen LogP contribution in [-0.2, 0) is 18.9 Å². The molecule has 0 rings (SSSR count). The first kappa shape index (κ1) is 47.2. The van der Waals surface area contributed by atoms with Crippen molar-refractivity contribution in [2.24, 2.45) is 0 Å². The van der Waals surface area contributed by atoms with E-state index in [0.29, 0.717) is 25.7 Å². The summed E-state index contributed by atoms with van der Waals surface area (Å²) in [5.41, 5.74) is 0. The van der Waals surface area contributed by atoms with Crippen LogP contribution in [0.25, 0.3) is 0 Å². The number of carboxylic acid groups (broad SMARTS) is 1. The number of aliphatic hydroxyl groups excluding tert-OH is 1. The van der Waals surface area contributed by atoms with E-state index in [9.17, 15) is 38.9 Å². The van der Waals surface area contributed by atoms with Crippen molar-refractivity contribution in [3.63, 3.8) is 0 Å². The molecule has 0 heterocycles. The molecule has 2 amide bonds. The third-order valence-electron chi connectivity index (χ3n) is 9.22. The van der Waals surface area contributed by atoms with E-state index in [4.69, 9.17) is 0 Å². The second kappa shape index (κ2) is 31.0. The lowest BCUT2D eigenvalue weighted by Crippen LogP contribution is -2.61. The fourth-order valence-electron chi connectivity index (χ4n) is 6.05. The van der Waals surface area contributed by atoms with Crippen LogP contribution in [0.5, 0.6) is 0 Å². The smallest absolute Gasteiger partial charge is 0.365 e. The number of nitrogens with zero attached hydrogens (tertiary/aromatic N) is 1. The van der Waals surface area contributed by atoms with Gasteiger partial charge in [-0.3, -0.25) is 19.1 Å². The number of rotatable bonds is 34. The van der Waals surface area contributed by atoms with E-state index < -0.39 is 37.3 Å². The Morgan fingerprint density at radius 2 is 0.816 bits per heavy atom. The van der Waals surface area contributed by atoms with E-state index in [-0.39, 0.29) is 17.7 Å². The van der Waals surface area contributed by atoms with Gasteiger partial charge >= 0.3 is 13.6 Å². The molecule has 0 bridgehead atoms. The van der Waals surface area contributed by atoms with E-state index in [0.717, 1.165) is 64.2 Å². The van der Waals surface area contributed by atoms with Crippen LogP contribution in [0.4, 0.5) is 0 Å². The fraction of sp³-hybridized carbons (Fsp3) is 0.821.